The fraction of sp³-hybridized carbons (Fsp3) is 0.387. The van der Waals surface area contributed by atoms with E-state index in [0.717, 1.165) is 40.7 Å². The number of rotatable bonds is 9. The second-order valence-corrected chi connectivity index (χ2v) is 12.4. The molecule has 0 saturated heterocycles. The molecule has 8 nitrogen and oxygen atoms in total. The molecule has 0 fully saturated rings. The SMILES string of the molecule is CC(C)(C)C1CCc2nc3sc(C(=O)NC(CNCCO)c4cccc(NC(=O)c5ccco5)c4)cc3cc2C1. The van der Waals surface area contributed by atoms with Gasteiger partial charge in [-0.25, -0.2) is 4.98 Å². The van der Waals surface area contributed by atoms with Crippen LogP contribution in [0.15, 0.2) is 59.2 Å². The lowest BCUT2D eigenvalue weighted by Crippen LogP contribution is -2.36. The van der Waals surface area contributed by atoms with Gasteiger partial charge in [0.05, 0.1) is 23.8 Å². The van der Waals surface area contributed by atoms with E-state index in [0.29, 0.717) is 29.6 Å². The molecule has 4 aromatic rings. The molecule has 3 aromatic heterocycles. The zero-order chi connectivity index (χ0) is 28.3. The van der Waals surface area contributed by atoms with Crippen molar-refractivity contribution < 1.29 is 19.1 Å². The molecule has 1 aromatic carbocycles. The van der Waals surface area contributed by atoms with Crippen molar-refractivity contribution >= 4 is 39.1 Å². The Balaban J connectivity index is 1.34. The Morgan fingerprint density at radius 1 is 1.15 bits per heavy atom. The number of hydrogen-bond donors (Lipinski definition) is 4. The van der Waals surface area contributed by atoms with Crippen LogP contribution in [-0.4, -0.2) is 41.6 Å². The number of carbonyl (C=O) groups excluding carboxylic acids is 2. The number of hydrogen-bond acceptors (Lipinski definition) is 7. The highest BCUT2D eigenvalue weighted by Gasteiger charge is 2.30. The van der Waals surface area contributed by atoms with Crippen molar-refractivity contribution in [3.05, 3.63) is 82.3 Å². The maximum Gasteiger partial charge on any atom is 0.291 e. The maximum absolute atomic E-state index is 13.5. The summed E-state index contributed by atoms with van der Waals surface area (Å²) in [6.45, 7) is 7.70. The van der Waals surface area contributed by atoms with E-state index in [4.69, 9.17) is 9.40 Å². The Morgan fingerprint density at radius 2 is 2.00 bits per heavy atom. The van der Waals surface area contributed by atoms with Gasteiger partial charge in [0.25, 0.3) is 11.8 Å². The van der Waals surface area contributed by atoms with Crippen molar-refractivity contribution in [1.29, 1.82) is 0 Å². The molecule has 1 aliphatic carbocycles. The molecular formula is C31H36N4O4S. The van der Waals surface area contributed by atoms with Crippen molar-refractivity contribution in [3.63, 3.8) is 0 Å². The first-order valence-corrected chi connectivity index (χ1v) is 14.5. The quantitative estimate of drug-likeness (QED) is 0.205. The first kappa shape index (κ1) is 28.0. The second-order valence-electron chi connectivity index (χ2n) is 11.4. The zero-order valence-corrected chi connectivity index (χ0v) is 23.9. The van der Waals surface area contributed by atoms with E-state index in [2.05, 4.69) is 42.8 Å². The first-order valence-electron chi connectivity index (χ1n) is 13.7. The van der Waals surface area contributed by atoms with Gasteiger partial charge in [-0.15, -0.1) is 11.3 Å². The summed E-state index contributed by atoms with van der Waals surface area (Å²) < 4.78 is 5.18. The Morgan fingerprint density at radius 3 is 2.75 bits per heavy atom. The van der Waals surface area contributed by atoms with Crippen LogP contribution < -0.4 is 16.0 Å². The van der Waals surface area contributed by atoms with Crippen LogP contribution in [0.2, 0.25) is 0 Å². The minimum absolute atomic E-state index is 0.0113. The van der Waals surface area contributed by atoms with Gasteiger partial charge in [0.2, 0.25) is 0 Å². The number of fused-ring (bicyclic) bond motifs is 2. The predicted molar refractivity (Wildman–Crippen MR) is 158 cm³/mol. The smallest absolute Gasteiger partial charge is 0.291 e. The molecule has 2 atom stereocenters. The highest BCUT2D eigenvalue weighted by atomic mass is 32.1. The number of amides is 2. The van der Waals surface area contributed by atoms with Crippen LogP contribution in [0.1, 0.15) is 70.3 Å². The molecule has 40 heavy (non-hydrogen) atoms. The van der Waals surface area contributed by atoms with E-state index in [9.17, 15) is 14.7 Å². The number of anilines is 1. The van der Waals surface area contributed by atoms with E-state index in [-0.39, 0.29) is 29.6 Å². The summed E-state index contributed by atoms with van der Waals surface area (Å²) in [5.74, 6) is 0.297. The van der Waals surface area contributed by atoms with E-state index in [1.165, 1.54) is 23.2 Å². The standard InChI is InChI=1S/C31H36N4O4S/c1-31(2,3)22-9-10-24-20(15-22)14-21-17-27(40-30(21)35-24)29(38)34-25(18-32-11-12-36)19-6-4-7-23(16-19)33-28(37)26-8-5-13-39-26/h4-8,13-14,16-17,22,25,32,36H,9-12,15,18H2,1-3H3,(H,33,37)(H,34,38). The normalized spacial score (nSPS) is 15.9. The van der Waals surface area contributed by atoms with Crippen molar-refractivity contribution in [1.82, 2.24) is 15.6 Å². The van der Waals surface area contributed by atoms with Crippen LogP contribution in [0.4, 0.5) is 5.69 Å². The van der Waals surface area contributed by atoms with E-state index in [1.54, 1.807) is 18.2 Å². The monoisotopic (exact) mass is 560 g/mol. The summed E-state index contributed by atoms with van der Waals surface area (Å²) >= 11 is 1.41. The van der Waals surface area contributed by atoms with Gasteiger partial charge in [-0.05, 0) is 78.1 Å². The predicted octanol–water partition coefficient (Wildman–Crippen LogP) is 5.35. The number of pyridine rings is 1. The van der Waals surface area contributed by atoms with E-state index in [1.807, 2.05) is 24.3 Å². The number of nitrogens with one attached hydrogen (secondary N) is 3. The number of aliphatic hydroxyl groups excluding tert-OH is 1. The summed E-state index contributed by atoms with van der Waals surface area (Å²) in [5.41, 5.74) is 4.11. The molecule has 0 aliphatic heterocycles. The highest BCUT2D eigenvalue weighted by molar-refractivity contribution is 7.20. The molecule has 2 amide bonds. The number of benzene rings is 1. The molecule has 2 unspecified atom stereocenters. The van der Waals surface area contributed by atoms with Gasteiger partial charge in [-0.3, -0.25) is 9.59 Å². The fourth-order valence-electron chi connectivity index (χ4n) is 5.22. The highest BCUT2D eigenvalue weighted by Crippen LogP contribution is 2.38. The molecule has 0 saturated carbocycles. The Labute approximate surface area is 238 Å². The molecule has 9 heteroatoms. The summed E-state index contributed by atoms with van der Waals surface area (Å²) in [5, 5.41) is 19.4. The van der Waals surface area contributed by atoms with E-state index >= 15 is 0 Å². The number of carbonyl (C=O) groups is 2. The zero-order valence-electron chi connectivity index (χ0n) is 23.1. The average Bonchev–Trinajstić information content (AvgIpc) is 3.61. The molecule has 0 spiro atoms. The Hall–Kier alpha value is -3.53. The van der Waals surface area contributed by atoms with Crippen molar-refractivity contribution in [2.24, 2.45) is 11.3 Å². The molecular weight excluding hydrogens is 524 g/mol. The van der Waals surface area contributed by atoms with Crippen molar-refractivity contribution in [2.45, 2.75) is 46.1 Å². The first-order chi connectivity index (χ1) is 19.2. The van der Waals surface area contributed by atoms with Gasteiger partial charge in [0.15, 0.2) is 5.76 Å². The number of aliphatic hydroxyl groups is 1. The van der Waals surface area contributed by atoms with Gasteiger partial charge in [0, 0.05) is 29.9 Å². The summed E-state index contributed by atoms with van der Waals surface area (Å²) in [6, 6.07) is 14.4. The summed E-state index contributed by atoms with van der Waals surface area (Å²) in [6.07, 6.45) is 4.57. The topological polar surface area (TPSA) is 116 Å². The largest absolute Gasteiger partial charge is 0.459 e. The number of thiophene rings is 1. The van der Waals surface area contributed by atoms with Crippen LogP contribution in [0.5, 0.6) is 0 Å². The molecule has 3 heterocycles. The number of nitrogens with zero attached hydrogens (tertiary/aromatic N) is 1. The molecule has 4 N–H and O–H groups in total. The number of furan rings is 1. The van der Waals surface area contributed by atoms with Crippen LogP contribution in [0.3, 0.4) is 0 Å². The van der Waals surface area contributed by atoms with Crippen molar-refractivity contribution in [3.8, 4) is 0 Å². The Bertz CT molecular complexity index is 1490. The second kappa shape index (κ2) is 11.9. The van der Waals surface area contributed by atoms with Gasteiger partial charge in [-0.1, -0.05) is 32.9 Å². The van der Waals surface area contributed by atoms with Gasteiger partial charge < -0.3 is 25.5 Å². The molecule has 0 radical (unpaired) electrons. The Kier molecular flexibility index (Phi) is 8.35. The third-order valence-corrected chi connectivity index (χ3v) is 8.60. The van der Waals surface area contributed by atoms with Crippen LogP contribution in [-0.2, 0) is 12.8 Å². The minimum Gasteiger partial charge on any atom is -0.459 e. The fourth-order valence-corrected chi connectivity index (χ4v) is 6.15. The third kappa shape index (κ3) is 6.43. The van der Waals surface area contributed by atoms with Crippen LogP contribution in [0, 0.1) is 11.3 Å². The molecule has 5 rings (SSSR count). The summed E-state index contributed by atoms with van der Waals surface area (Å²) in [4.78, 5) is 32.4. The minimum atomic E-state index is -0.390. The lowest BCUT2D eigenvalue weighted by atomic mass is 9.71. The average molecular weight is 561 g/mol. The van der Waals surface area contributed by atoms with E-state index < -0.39 is 6.04 Å². The van der Waals surface area contributed by atoms with Crippen LogP contribution in [0.25, 0.3) is 10.2 Å². The molecule has 0 bridgehead atoms. The lowest BCUT2D eigenvalue weighted by Gasteiger charge is -2.34. The molecule has 1 aliphatic rings. The van der Waals surface area contributed by atoms with Gasteiger partial charge >= 0.3 is 0 Å². The summed E-state index contributed by atoms with van der Waals surface area (Å²) in [7, 11) is 0. The van der Waals surface area contributed by atoms with Crippen molar-refractivity contribution in [2.75, 3.05) is 25.0 Å². The van der Waals surface area contributed by atoms with Gasteiger partial charge in [0.1, 0.15) is 4.83 Å². The third-order valence-electron chi connectivity index (χ3n) is 7.56. The number of aromatic nitrogens is 1. The molecule has 210 valence electrons. The lowest BCUT2D eigenvalue weighted by molar-refractivity contribution is 0.0939. The maximum atomic E-state index is 13.5. The number of aryl methyl sites for hydroxylation is 1. The van der Waals surface area contributed by atoms with Gasteiger partial charge in [-0.2, -0.15) is 0 Å². The van der Waals surface area contributed by atoms with Crippen LogP contribution >= 0.6 is 11.3 Å².